The molecule has 0 aromatic rings. The van der Waals surface area contributed by atoms with Crippen LogP contribution >= 0.6 is 6.13 Å². The maximum absolute atomic E-state index is 3.29. The van der Waals surface area contributed by atoms with Gasteiger partial charge in [-0.15, -0.1) is 0 Å². The molecule has 6 aliphatic carbocycles. The van der Waals surface area contributed by atoms with E-state index in [9.17, 15) is 0 Å². The Morgan fingerprint density at radius 1 is 0.273 bits per heavy atom. The molecule has 0 amide bonds. The summed E-state index contributed by atoms with van der Waals surface area (Å²) in [7, 11) is 0. The van der Waals surface area contributed by atoms with Gasteiger partial charge in [-0.05, 0) is 0 Å². The van der Waals surface area contributed by atoms with Gasteiger partial charge in [0.25, 0.3) is 0 Å². The summed E-state index contributed by atoms with van der Waals surface area (Å²) in [5, 5.41) is 0. The normalized spacial score (nSPS) is 30.5. The van der Waals surface area contributed by atoms with Crippen LogP contribution in [-0.2, 0) is 0 Å². The van der Waals surface area contributed by atoms with Gasteiger partial charge in [-0.1, -0.05) is 0 Å². The van der Waals surface area contributed by atoms with Crippen LogP contribution in [0.15, 0.2) is 0 Å². The summed E-state index contributed by atoms with van der Waals surface area (Å²) < 4.78 is 7.98. The first-order chi connectivity index (χ1) is 16.3. The Balaban J connectivity index is 1.47. The summed E-state index contributed by atoms with van der Waals surface area (Å²) in [6.07, 6.45) is 43.5. The second-order valence-corrected chi connectivity index (χ2v) is 60.6. The molecule has 0 radical (unpaired) electrons. The Kier molecular flexibility index (Phi) is 8.69. The maximum atomic E-state index is 3.29. The monoisotopic (exact) mass is 686 g/mol. The van der Waals surface area contributed by atoms with E-state index in [0.717, 1.165) is 0 Å². The molecule has 6 fully saturated rings. The van der Waals surface area contributed by atoms with Crippen molar-refractivity contribution in [3.05, 3.63) is 0 Å². The Labute approximate surface area is 216 Å². The van der Waals surface area contributed by atoms with Crippen molar-refractivity contribution in [3.8, 4) is 0 Å². The molecule has 0 aromatic carbocycles. The molecule has 0 saturated heterocycles. The standard InChI is InChI=1S/6C5H9.S.2Sn/c6*1-2-4-5-3-1;;;/h6*1H,2-5H2;;;. The Morgan fingerprint density at radius 3 is 0.576 bits per heavy atom. The Bertz CT molecular complexity index is 478. The molecule has 0 heterocycles. The zero-order chi connectivity index (χ0) is 22.1. The van der Waals surface area contributed by atoms with Crippen LogP contribution in [0.5, 0.6) is 0 Å². The quantitative estimate of drug-likeness (QED) is 0.230. The molecule has 0 nitrogen and oxygen atoms in total. The minimum absolute atomic E-state index is 1.33. The fourth-order valence-corrected chi connectivity index (χ4v) is 162. The van der Waals surface area contributed by atoms with E-state index < -0.39 is 34.0 Å². The van der Waals surface area contributed by atoms with Gasteiger partial charge in [-0.25, -0.2) is 0 Å². The van der Waals surface area contributed by atoms with Crippen molar-refractivity contribution in [2.45, 2.75) is 178 Å². The number of hydrogen-bond donors (Lipinski definition) is 0. The molecule has 0 bridgehead atoms. The van der Waals surface area contributed by atoms with Crippen molar-refractivity contribution in [3.63, 3.8) is 0 Å². The van der Waals surface area contributed by atoms with Crippen molar-refractivity contribution in [1.29, 1.82) is 0 Å². The van der Waals surface area contributed by atoms with Crippen molar-refractivity contribution < 1.29 is 0 Å². The van der Waals surface area contributed by atoms with Crippen LogP contribution in [-0.4, -0.2) is 34.0 Å². The van der Waals surface area contributed by atoms with Crippen LogP contribution in [0.1, 0.15) is 154 Å². The zero-order valence-electron chi connectivity index (χ0n) is 21.8. The van der Waals surface area contributed by atoms with Crippen LogP contribution in [0.4, 0.5) is 0 Å². The van der Waals surface area contributed by atoms with Gasteiger partial charge in [0.15, 0.2) is 0 Å². The fraction of sp³-hybridized carbons (Fsp3) is 1.00. The van der Waals surface area contributed by atoms with Gasteiger partial charge < -0.3 is 0 Å². The van der Waals surface area contributed by atoms with Crippen LogP contribution in [0.2, 0.25) is 23.6 Å². The van der Waals surface area contributed by atoms with Crippen LogP contribution in [0.3, 0.4) is 0 Å². The molecule has 0 atom stereocenters. The first kappa shape index (κ1) is 25.2. The van der Waals surface area contributed by atoms with E-state index in [1.54, 1.807) is 154 Å². The summed E-state index contributed by atoms with van der Waals surface area (Å²) in [6, 6.07) is 0. The molecule has 0 aliphatic heterocycles. The zero-order valence-corrected chi connectivity index (χ0v) is 28.4. The molecule has 6 saturated carbocycles. The first-order valence-corrected chi connectivity index (χ1v) is 33.7. The molecule has 0 aromatic heterocycles. The average molecular weight is 684 g/mol. The SMILES string of the molecule is C1CC[CH]([Sn]([S][Sn]([CH]2CCCC2)([CH]2CCCC2)[CH]2CCCC2)([CH]2CCCC2)[CH]2CCCC2)C1. The van der Waals surface area contributed by atoms with E-state index in [1.807, 2.05) is 0 Å². The third-order valence-electron chi connectivity index (χ3n) is 12.3. The van der Waals surface area contributed by atoms with E-state index >= 15 is 0 Å². The van der Waals surface area contributed by atoms with E-state index in [4.69, 9.17) is 0 Å². The van der Waals surface area contributed by atoms with E-state index in [0.29, 0.717) is 0 Å². The first-order valence-electron chi connectivity index (χ1n) is 16.0. The average Bonchev–Trinajstić information content (AvgIpc) is 3.72. The van der Waals surface area contributed by atoms with Crippen molar-refractivity contribution in [2.75, 3.05) is 0 Å². The summed E-state index contributed by atoms with van der Waals surface area (Å²) in [5.41, 5.74) is 0. The predicted molar refractivity (Wildman–Crippen MR) is 152 cm³/mol. The Morgan fingerprint density at radius 2 is 0.424 bits per heavy atom. The molecule has 0 unspecified atom stereocenters. The second kappa shape index (κ2) is 11.4. The van der Waals surface area contributed by atoms with Crippen molar-refractivity contribution >= 4 is 40.1 Å². The van der Waals surface area contributed by atoms with E-state index in [2.05, 4.69) is 6.13 Å². The van der Waals surface area contributed by atoms with E-state index in [1.165, 1.54) is 23.6 Å². The molecule has 0 spiro atoms. The summed E-state index contributed by atoms with van der Waals surface area (Å²) >= 11 is -4.78. The van der Waals surface area contributed by atoms with Crippen molar-refractivity contribution in [2.24, 2.45) is 0 Å². The molecule has 33 heavy (non-hydrogen) atoms. The Hall–Kier alpha value is 1.95. The molecule has 6 rings (SSSR count). The summed E-state index contributed by atoms with van der Waals surface area (Å²) in [6.45, 7) is 0. The molecule has 3 heteroatoms. The fourth-order valence-electron chi connectivity index (χ4n) is 11.1. The third-order valence-corrected chi connectivity index (χ3v) is 105. The van der Waals surface area contributed by atoms with Gasteiger partial charge in [0, 0.05) is 0 Å². The van der Waals surface area contributed by atoms with Gasteiger partial charge >= 0.3 is 218 Å². The van der Waals surface area contributed by atoms with Gasteiger partial charge in [-0.2, -0.15) is 0 Å². The molecular formula is C30H54SSn2. The summed E-state index contributed by atoms with van der Waals surface area (Å²) in [4.78, 5) is 0. The van der Waals surface area contributed by atoms with E-state index in [-0.39, 0.29) is 0 Å². The number of rotatable bonds is 8. The second-order valence-electron chi connectivity index (χ2n) is 13.7. The van der Waals surface area contributed by atoms with Crippen LogP contribution in [0, 0.1) is 0 Å². The summed E-state index contributed by atoms with van der Waals surface area (Å²) in [5.74, 6) is 0. The van der Waals surface area contributed by atoms with Gasteiger partial charge in [0.05, 0.1) is 0 Å². The predicted octanol–water partition coefficient (Wildman–Crippen LogP) is 11.3. The van der Waals surface area contributed by atoms with Crippen LogP contribution in [0.25, 0.3) is 0 Å². The van der Waals surface area contributed by atoms with Gasteiger partial charge in [0.1, 0.15) is 0 Å². The van der Waals surface area contributed by atoms with Gasteiger partial charge in [-0.3, -0.25) is 0 Å². The number of hydrogen-bond acceptors (Lipinski definition) is 1. The molecule has 6 aliphatic rings. The molecule has 188 valence electrons. The van der Waals surface area contributed by atoms with Gasteiger partial charge in [0.2, 0.25) is 0 Å². The van der Waals surface area contributed by atoms with Crippen LogP contribution < -0.4 is 0 Å². The molecule has 0 N–H and O–H groups in total. The topological polar surface area (TPSA) is 0 Å². The van der Waals surface area contributed by atoms with Crippen molar-refractivity contribution in [1.82, 2.24) is 0 Å². The molecular weight excluding hydrogens is 630 g/mol. The minimum atomic E-state index is -2.39. The third kappa shape index (κ3) is 4.69.